The minimum Gasteiger partial charge on any atom is -0.348 e. The molecule has 4 rings (SSSR count). The molecule has 26 heavy (non-hydrogen) atoms. The van der Waals surface area contributed by atoms with Gasteiger partial charge in [0.15, 0.2) is 11.5 Å². The van der Waals surface area contributed by atoms with Gasteiger partial charge in [-0.15, -0.1) is 0 Å². The zero-order valence-corrected chi connectivity index (χ0v) is 19.4. The number of anilines is 1. The van der Waals surface area contributed by atoms with Gasteiger partial charge in [-0.3, -0.25) is 0 Å². The Bertz CT molecular complexity index is 963. The van der Waals surface area contributed by atoms with Gasteiger partial charge in [-0.1, -0.05) is 6.92 Å². The first kappa shape index (κ1) is 18.9. The fraction of sp³-hybridized carbons (Fsp3) is 0.625. The highest BCUT2D eigenvalue weighted by atomic mass is 127. The van der Waals surface area contributed by atoms with E-state index in [0.717, 1.165) is 41.0 Å². The third-order valence-corrected chi connectivity index (χ3v) is 8.43. The molecule has 0 aromatic carbocycles. The summed E-state index contributed by atoms with van der Waals surface area (Å²) in [5.74, 6) is 1.49. The van der Waals surface area contributed by atoms with E-state index in [1.165, 1.54) is 22.4 Å². The highest BCUT2D eigenvalue weighted by Crippen LogP contribution is 2.43. The number of piperidine rings is 1. The summed E-state index contributed by atoms with van der Waals surface area (Å²) < 4.78 is 29.3. The summed E-state index contributed by atoms with van der Waals surface area (Å²) in [4.78, 5) is 11.8. The Labute approximate surface area is 175 Å². The molecule has 3 atom stereocenters. The van der Waals surface area contributed by atoms with Gasteiger partial charge in [0.05, 0.1) is 3.57 Å². The van der Waals surface area contributed by atoms with E-state index >= 15 is 0 Å². The molecular formula is C16H21BrIN5O2S. The maximum absolute atomic E-state index is 12.7. The van der Waals surface area contributed by atoms with Gasteiger partial charge in [0.1, 0.15) is 10.1 Å². The van der Waals surface area contributed by atoms with E-state index in [-0.39, 0.29) is 0 Å². The molecule has 2 bridgehead atoms. The van der Waals surface area contributed by atoms with E-state index in [1.807, 2.05) is 0 Å². The van der Waals surface area contributed by atoms with Gasteiger partial charge in [0.2, 0.25) is 0 Å². The molecule has 10 heteroatoms. The van der Waals surface area contributed by atoms with Crippen LogP contribution in [0.15, 0.2) is 10.8 Å². The minimum absolute atomic E-state index is 0.388. The standard InChI is InChI=1S/C16H21BrIN5O2S/c1-9-6-10-4-5-11(7-9)23(10)16-14(17)19-13-12(18)8-22(15(13)20-16)26(24,25)21(2)3/h8-11H,4-7H2,1-3H3/t9?,10-,11+. The molecule has 0 radical (unpaired) electrons. The van der Waals surface area contributed by atoms with Gasteiger partial charge in [-0.05, 0) is 70.1 Å². The molecule has 142 valence electrons. The van der Waals surface area contributed by atoms with Crippen molar-refractivity contribution in [1.82, 2.24) is 18.2 Å². The summed E-state index contributed by atoms with van der Waals surface area (Å²) in [5.41, 5.74) is 0.990. The Kier molecular flexibility index (Phi) is 4.76. The number of hydrogen-bond acceptors (Lipinski definition) is 5. The van der Waals surface area contributed by atoms with Crippen molar-refractivity contribution in [1.29, 1.82) is 0 Å². The Hall–Kier alpha value is -0.460. The molecule has 2 aromatic rings. The second-order valence-electron chi connectivity index (χ2n) is 7.44. The lowest BCUT2D eigenvalue weighted by molar-refractivity contribution is 0.361. The van der Waals surface area contributed by atoms with E-state index in [1.54, 1.807) is 6.20 Å². The summed E-state index contributed by atoms with van der Waals surface area (Å²) in [6.07, 6.45) is 6.21. The largest absolute Gasteiger partial charge is 0.348 e. The van der Waals surface area contributed by atoms with Crippen LogP contribution in [0.2, 0.25) is 0 Å². The predicted octanol–water partition coefficient (Wildman–Crippen LogP) is 3.22. The first-order chi connectivity index (χ1) is 12.2. The van der Waals surface area contributed by atoms with Crippen molar-refractivity contribution in [3.8, 4) is 0 Å². The number of nitrogens with zero attached hydrogens (tertiary/aromatic N) is 5. The molecule has 0 saturated carbocycles. The molecule has 0 aliphatic carbocycles. The van der Waals surface area contributed by atoms with Crippen molar-refractivity contribution in [3.05, 3.63) is 14.4 Å². The molecule has 2 aliphatic rings. The van der Waals surface area contributed by atoms with Crippen molar-refractivity contribution in [2.75, 3.05) is 19.0 Å². The van der Waals surface area contributed by atoms with E-state index in [4.69, 9.17) is 4.98 Å². The van der Waals surface area contributed by atoms with Gasteiger partial charge in [-0.2, -0.15) is 12.7 Å². The molecule has 2 saturated heterocycles. The lowest BCUT2D eigenvalue weighted by Gasteiger charge is -2.39. The predicted molar refractivity (Wildman–Crippen MR) is 114 cm³/mol. The van der Waals surface area contributed by atoms with Gasteiger partial charge < -0.3 is 4.90 Å². The highest BCUT2D eigenvalue weighted by Gasteiger charge is 2.41. The second kappa shape index (κ2) is 6.56. The molecule has 2 aliphatic heterocycles. The molecule has 0 amide bonds. The first-order valence-electron chi connectivity index (χ1n) is 8.65. The summed E-state index contributed by atoms with van der Waals surface area (Å²) >= 11 is 5.69. The van der Waals surface area contributed by atoms with E-state index in [2.05, 4.69) is 55.3 Å². The quantitative estimate of drug-likeness (QED) is 0.546. The van der Waals surface area contributed by atoms with Crippen LogP contribution in [-0.4, -0.2) is 52.8 Å². The Morgan fingerprint density at radius 2 is 1.85 bits per heavy atom. The van der Waals surface area contributed by atoms with Crippen molar-refractivity contribution < 1.29 is 8.42 Å². The Morgan fingerprint density at radius 1 is 1.23 bits per heavy atom. The third kappa shape index (κ3) is 2.87. The molecule has 2 aromatic heterocycles. The topological polar surface area (TPSA) is 71.3 Å². The SMILES string of the molecule is CC1C[C@H]2CC[C@@H](C1)N2c1nc2c(nc1Br)c(I)cn2S(=O)(=O)N(C)C. The Morgan fingerprint density at radius 3 is 2.42 bits per heavy atom. The van der Waals surface area contributed by atoms with Crippen molar-refractivity contribution in [2.45, 2.75) is 44.7 Å². The van der Waals surface area contributed by atoms with Crippen LogP contribution in [0.25, 0.3) is 11.2 Å². The van der Waals surface area contributed by atoms with Crippen LogP contribution in [0.4, 0.5) is 5.82 Å². The number of rotatable bonds is 3. The molecule has 7 nitrogen and oxygen atoms in total. The lowest BCUT2D eigenvalue weighted by atomic mass is 9.92. The zero-order chi connectivity index (χ0) is 18.8. The fourth-order valence-corrected chi connectivity index (χ4v) is 6.48. The highest BCUT2D eigenvalue weighted by molar-refractivity contribution is 14.1. The van der Waals surface area contributed by atoms with Gasteiger partial charge in [-0.25, -0.2) is 13.9 Å². The minimum atomic E-state index is -3.65. The normalized spacial score (nSPS) is 26.2. The fourth-order valence-electron chi connectivity index (χ4n) is 4.25. The van der Waals surface area contributed by atoms with Crippen LogP contribution in [-0.2, 0) is 10.2 Å². The smallest absolute Gasteiger partial charge is 0.308 e. The van der Waals surface area contributed by atoms with E-state index in [0.29, 0.717) is 27.9 Å². The summed E-state index contributed by atoms with van der Waals surface area (Å²) in [7, 11) is -0.612. The van der Waals surface area contributed by atoms with E-state index < -0.39 is 10.2 Å². The van der Waals surface area contributed by atoms with Gasteiger partial charge in [0, 0.05) is 32.4 Å². The zero-order valence-electron chi connectivity index (χ0n) is 14.9. The van der Waals surface area contributed by atoms with Crippen LogP contribution in [0.5, 0.6) is 0 Å². The number of aromatic nitrogens is 3. The van der Waals surface area contributed by atoms with Gasteiger partial charge >= 0.3 is 10.2 Å². The first-order valence-corrected chi connectivity index (χ1v) is 11.9. The van der Waals surface area contributed by atoms with Crippen LogP contribution >= 0.6 is 38.5 Å². The summed E-state index contributed by atoms with van der Waals surface area (Å²) in [6, 6.07) is 0.916. The van der Waals surface area contributed by atoms with Gasteiger partial charge in [0.25, 0.3) is 0 Å². The number of halogens is 2. The monoisotopic (exact) mass is 553 g/mol. The average molecular weight is 554 g/mol. The maximum atomic E-state index is 12.7. The molecule has 0 N–H and O–H groups in total. The average Bonchev–Trinajstić information content (AvgIpc) is 3.02. The number of fused-ring (bicyclic) bond motifs is 3. The van der Waals surface area contributed by atoms with Crippen LogP contribution in [0, 0.1) is 9.49 Å². The third-order valence-electron chi connectivity index (χ3n) is 5.41. The number of hydrogen-bond donors (Lipinski definition) is 0. The molecule has 1 unspecified atom stereocenters. The lowest BCUT2D eigenvalue weighted by Crippen LogP contribution is -2.43. The van der Waals surface area contributed by atoms with Crippen LogP contribution < -0.4 is 4.90 Å². The van der Waals surface area contributed by atoms with Crippen LogP contribution in [0.3, 0.4) is 0 Å². The molecule has 0 spiro atoms. The van der Waals surface area contributed by atoms with Crippen LogP contribution in [0.1, 0.15) is 32.6 Å². The summed E-state index contributed by atoms with van der Waals surface area (Å²) in [5, 5.41) is 0. The van der Waals surface area contributed by atoms with Crippen molar-refractivity contribution >= 4 is 65.7 Å². The van der Waals surface area contributed by atoms with E-state index in [9.17, 15) is 8.42 Å². The molecule has 4 heterocycles. The molecule has 2 fully saturated rings. The second-order valence-corrected chi connectivity index (χ2v) is 11.4. The Balaban J connectivity index is 1.89. The van der Waals surface area contributed by atoms with Crippen molar-refractivity contribution in [2.24, 2.45) is 5.92 Å². The summed E-state index contributed by atoms with van der Waals surface area (Å²) in [6.45, 7) is 2.31. The molecular weight excluding hydrogens is 533 g/mol. The maximum Gasteiger partial charge on any atom is 0.308 e. The van der Waals surface area contributed by atoms with Crippen molar-refractivity contribution in [3.63, 3.8) is 0 Å².